The molecule has 0 N–H and O–H groups in total. The summed E-state index contributed by atoms with van der Waals surface area (Å²) in [5, 5.41) is 0.496. The normalized spacial score (nSPS) is 15.4. The number of carbonyl (C=O) groups excluding carboxylic acids is 1. The van der Waals surface area contributed by atoms with Gasteiger partial charge in [-0.05, 0) is 42.3 Å². The number of ether oxygens (including phenoxy) is 1. The molecule has 108 valence electrons. The smallest absolute Gasteiger partial charge is 0.161 e. The van der Waals surface area contributed by atoms with E-state index in [2.05, 4.69) is 19.9 Å². The third kappa shape index (κ3) is 2.44. The summed E-state index contributed by atoms with van der Waals surface area (Å²) in [7, 11) is 0. The molecule has 0 saturated heterocycles. The average molecular weight is 301 g/mol. The van der Waals surface area contributed by atoms with Crippen LogP contribution in [-0.4, -0.2) is 12.4 Å². The molecule has 21 heavy (non-hydrogen) atoms. The zero-order valence-electron chi connectivity index (χ0n) is 12.4. The molecule has 0 aromatic heterocycles. The fourth-order valence-electron chi connectivity index (χ4n) is 2.68. The lowest BCUT2D eigenvalue weighted by molar-refractivity contribution is 0.101. The van der Waals surface area contributed by atoms with Crippen molar-refractivity contribution in [3.63, 3.8) is 0 Å². The summed E-state index contributed by atoms with van der Waals surface area (Å²) in [5.41, 5.74) is 3.89. The Bertz CT molecular complexity index is 732. The summed E-state index contributed by atoms with van der Waals surface area (Å²) in [6.45, 7) is 6.58. The molecule has 0 amide bonds. The number of benzene rings is 2. The number of fused-ring (bicyclic) bond motifs is 1. The monoisotopic (exact) mass is 300 g/mol. The van der Waals surface area contributed by atoms with Gasteiger partial charge in [-0.1, -0.05) is 37.6 Å². The number of hydrogen-bond acceptors (Lipinski definition) is 2. The Kier molecular flexibility index (Phi) is 3.29. The summed E-state index contributed by atoms with van der Waals surface area (Å²) in [6.07, 6.45) is 0. The number of Topliss-reactive ketones (excluding diaryl/α,β-unsaturated/α-hetero) is 1. The maximum absolute atomic E-state index is 11.5. The van der Waals surface area contributed by atoms with Crippen LogP contribution in [0.5, 0.6) is 5.75 Å². The zero-order chi connectivity index (χ0) is 15.2. The van der Waals surface area contributed by atoms with Gasteiger partial charge in [0.05, 0.1) is 11.6 Å². The minimum atomic E-state index is -0.0185. The largest absolute Gasteiger partial charge is 0.492 e. The maximum Gasteiger partial charge on any atom is 0.161 e. The van der Waals surface area contributed by atoms with Crippen LogP contribution in [0.4, 0.5) is 0 Å². The number of hydrogen-bond donors (Lipinski definition) is 0. The van der Waals surface area contributed by atoms with E-state index in [0.29, 0.717) is 17.2 Å². The Morgan fingerprint density at radius 1 is 1.14 bits per heavy atom. The molecule has 0 bridgehead atoms. The van der Waals surface area contributed by atoms with Crippen LogP contribution in [-0.2, 0) is 5.41 Å². The van der Waals surface area contributed by atoms with Gasteiger partial charge in [-0.25, -0.2) is 0 Å². The van der Waals surface area contributed by atoms with E-state index in [0.717, 1.165) is 16.9 Å². The molecule has 0 fully saturated rings. The average Bonchev–Trinajstić information content (AvgIpc) is 2.74. The third-order valence-electron chi connectivity index (χ3n) is 3.98. The highest BCUT2D eigenvalue weighted by Gasteiger charge is 2.31. The highest BCUT2D eigenvalue weighted by molar-refractivity contribution is 6.34. The van der Waals surface area contributed by atoms with Gasteiger partial charge in [0.15, 0.2) is 5.78 Å². The fourth-order valence-corrected chi connectivity index (χ4v) is 2.99. The second kappa shape index (κ2) is 4.88. The Morgan fingerprint density at radius 3 is 2.48 bits per heavy atom. The molecule has 1 aliphatic rings. The molecule has 0 saturated carbocycles. The predicted octanol–water partition coefficient (Wildman–Crippen LogP) is 4.88. The number of ketones is 1. The summed E-state index contributed by atoms with van der Waals surface area (Å²) >= 11 is 6.20. The summed E-state index contributed by atoms with van der Waals surface area (Å²) in [4.78, 5) is 11.5. The number of carbonyl (C=O) groups is 1. The van der Waals surface area contributed by atoms with Crippen molar-refractivity contribution in [2.75, 3.05) is 6.61 Å². The lowest BCUT2D eigenvalue weighted by atomic mass is 9.85. The van der Waals surface area contributed by atoms with Crippen molar-refractivity contribution < 1.29 is 9.53 Å². The van der Waals surface area contributed by atoms with Gasteiger partial charge < -0.3 is 4.74 Å². The minimum absolute atomic E-state index is 0.0185. The summed E-state index contributed by atoms with van der Waals surface area (Å²) in [5.74, 6) is 0.935. The van der Waals surface area contributed by atoms with Gasteiger partial charge in [0.25, 0.3) is 0 Å². The van der Waals surface area contributed by atoms with Crippen molar-refractivity contribution in [1.29, 1.82) is 0 Å². The zero-order valence-corrected chi connectivity index (χ0v) is 13.1. The van der Waals surface area contributed by atoms with E-state index in [4.69, 9.17) is 16.3 Å². The predicted molar refractivity (Wildman–Crippen MR) is 85.4 cm³/mol. The molecule has 3 heteroatoms. The van der Waals surface area contributed by atoms with E-state index in [1.807, 2.05) is 24.3 Å². The van der Waals surface area contributed by atoms with Crippen LogP contribution in [0.15, 0.2) is 36.4 Å². The standard InChI is InChI=1S/C18H17ClO2/c1-11(20)14-6-4-13(9-16(14)19)12-5-7-17-15(8-12)18(2,3)10-21-17/h4-9H,10H2,1-3H3. The van der Waals surface area contributed by atoms with Crippen molar-refractivity contribution in [1.82, 2.24) is 0 Å². The van der Waals surface area contributed by atoms with Crippen molar-refractivity contribution in [3.8, 4) is 16.9 Å². The second-order valence-electron chi connectivity index (χ2n) is 6.13. The van der Waals surface area contributed by atoms with Crippen LogP contribution in [0.25, 0.3) is 11.1 Å². The van der Waals surface area contributed by atoms with E-state index in [1.54, 1.807) is 6.07 Å². The van der Waals surface area contributed by atoms with Crippen molar-refractivity contribution in [2.45, 2.75) is 26.2 Å². The molecule has 0 atom stereocenters. The number of rotatable bonds is 2. The molecule has 2 nitrogen and oxygen atoms in total. The Labute approximate surface area is 129 Å². The van der Waals surface area contributed by atoms with Crippen molar-refractivity contribution in [3.05, 3.63) is 52.5 Å². The topological polar surface area (TPSA) is 26.3 Å². The molecule has 0 aliphatic carbocycles. The minimum Gasteiger partial charge on any atom is -0.492 e. The molecule has 1 heterocycles. The summed E-state index contributed by atoms with van der Waals surface area (Å²) in [6, 6.07) is 11.8. The van der Waals surface area contributed by atoms with E-state index in [1.165, 1.54) is 12.5 Å². The lowest BCUT2D eigenvalue weighted by Gasteiger charge is -2.16. The quantitative estimate of drug-likeness (QED) is 0.739. The second-order valence-corrected chi connectivity index (χ2v) is 6.54. The molecule has 0 spiro atoms. The van der Waals surface area contributed by atoms with Crippen LogP contribution in [0.2, 0.25) is 5.02 Å². The van der Waals surface area contributed by atoms with Crippen LogP contribution >= 0.6 is 11.6 Å². The fraction of sp³-hybridized carbons (Fsp3) is 0.278. The first-order valence-corrected chi connectivity index (χ1v) is 7.34. The Balaban J connectivity index is 2.06. The van der Waals surface area contributed by atoms with Crippen LogP contribution < -0.4 is 4.74 Å². The summed E-state index contributed by atoms with van der Waals surface area (Å²) < 4.78 is 5.71. The maximum atomic E-state index is 11.5. The Hall–Kier alpha value is -1.80. The third-order valence-corrected chi connectivity index (χ3v) is 4.29. The van der Waals surface area contributed by atoms with E-state index in [9.17, 15) is 4.79 Å². The molecule has 2 aromatic carbocycles. The number of halogens is 1. The van der Waals surface area contributed by atoms with Gasteiger partial charge in [-0.15, -0.1) is 0 Å². The first-order chi connectivity index (χ1) is 9.88. The highest BCUT2D eigenvalue weighted by Crippen LogP contribution is 2.40. The molecule has 1 aliphatic heterocycles. The molecule has 0 radical (unpaired) electrons. The molecular formula is C18H17ClO2. The van der Waals surface area contributed by atoms with Crippen LogP contribution in [0.3, 0.4) is 0 Å². The first-order valence-electron chi connectivity index (χ1n) is 6.97. The van der Waals surface area contributed by atoms with E-state index in [-0.39, 0.29) is 11.2 Å². The first kappa shape index (κ1) is 14.2. The van der Waals surface area contributed by atoms with Gasteiger partial charge >= 0.3 is 0 Å². The lowest BCUT2D eigenvalue weighted by Crippen LogP contribution is -2.18. The van der Waals surface area contributed by atoms with Gasteiger partial charge in [-0.3, -0.25) is 4.79 Å². The van der Waals surface area contributed by atoms with Gasteiger partial charge in [0.1, 0.15) is 5.75 Å². The highest BCUT2D eigenvalue weighted by atomic mass is 35.5. The van der Waals surface area contributed by atoms with E-state index < -0.39 is 0 Å². The molecule has 3 rings (SSSR count). The molecular weight excluding hydrogens is 284 g/mol. The van der Waals surface area contributed by atoms with Crippen molar-refractivity contribution in [2.24, 2.45) is 0 Å². The molecule has 2 aromatic rings. The Morgan fingerprint density at radius 2 is 1.81 bits per heavy atom. The van der Waals surface area contributed by atoms with Crippen molar-refractivity contribution >= 4 is 17.4 Å². The van der Waals surface area contributed by atoms with E-state index >= 15 is 0 Å². The van der Waals surface area contributed by atoms with Gasteiger partial charge in [0.2, 0.25) is 0 Å². The molecule has 0 unspecified atom stereocenters. The SMILES string of the molecule is CC(=O)c1ccc(-c2ccc3c(c2)C(C)(C)CO3)cc1Cl. The van der Waals surface area contributed by atoms with Crippen LogP contribution in [0, 0.1) is 0 Å². The van der Waals surface area contributed by atoms with Crippen LogP contribution in [0.1, 0.15) is 36.7 Å². The van der Waals surface area contributed by atoms with Gasteiger partial charge in [-0.2, -0.15) is 0 Å². The van der Waals surface area contributed by atoms with Gasteiger partial charge in [0, 0.05) is 16.5 Å².